The molecule has 0 saturated carbocycles. The molecule has 0 atom stereocenters. The maximum Gasteiger partial charge on any atom is 0.256 e. The fraction of sp³-hybridized carbons (Fsp3) is 0.0714. The number of amides is 1. The van der Waals surface area contributed by atoms with E-state index in [0.717, 1.165) is 38.9 Å². The number of carbonyl (C=O) groups excluding carboxylic acids is 1. The molecule has 9 heteroatoms. The van der Waals surface area contributed by atoms with Crippen molar-refractivity contribution in [1.29, 1.82) is 0 Å². The number of nitrogens with one attached hydrogen (secondary N) is 1. The molecular formula is C28H20N4O4S. The van der Waals surface area contributed by atoms with Crippen molar-refractivity contribution < 1.29 is 19.0 Å². The van der Waals surface area contributed by atoms with Crippen molar-refractivity contribution in [3.05, 3.63) is 84.6 Å². The minimum Gasteiger partial charge on any atom is -0.493 e. The lowest BCUT2D eigenvalue weighted by atomic mass is 10.0. The summed E-state index contributed by atoms with van der Waals surface area (Å²) in [5, 5.41) is 5.45. The summed E-state index contributed by atoms with van der Waals surface area (Å²) in [6, 6.07) is 22.2. The number of carbonyl (C=O) groups is 1. The number of ether oxygens (including phenoxy) is 3. The van der Waals surface area contributed by atoms with Crippen molar-refractivity contribution in [1.82, 2.24) is 13.7 Å². The number of pyridine rings is 1. The fourth-order valence-corrected chi connectivity index (χ4v) is 4.83. The summed E-state index contributed by atoms with van der Waals surface area (Å²) >= 11 is 1.12. The zero-order chi connectivity index (χ0) is 25.4. The van der Waals surface area contributed by atoms with Crippen molar-refractivity contribution in [3.63, 3.8) is 0 Å². The van der Waals surface area contributed by atoms with Crippen LogP contribution in [0.5, 0.6) is 23.0 Å². The topological polar surface area (TPSA) is 95.5 Å². The maximum absolute atomic E-state index is 13.2. The summed E-state index contributed by atoms with van der Waals surface area (Å²) in [6.07, 6.45) is 1.69. The molecule has 0 unspecified atom stereocenters. The zero-order valence-corrected chi connectivity index (χ0v) is 20.7. The molecule has 8 nitrogen and oxygen atoms in total. The summed E-state index contributed by atoms with van der Waals surface area (Å²) in [5.74, 6) is 2.22. The molecule has 182 valence electrons. The van der Waals surface area contributed by atoms with Crippen LogP contribution in [0.4, 0.5) is 5.69 Å². The molecule has 2 aromatic heterocycles. The van der Waals surface area contributed by atoms with E-state index in [9.17, 15) is 4.79 Å². The number of fused-ring (bicyclic) bond motifs is 3. The molecule has 0 spiro atoms. The summed E-state index contributed by atoms with van der Waals surface area (Å²) in [6.45, 7) is 0. The molecule has 0 saturated heterocycles. The van der Waals surface area contributed by atoms with Crippen molar-refractivity contribution in [2.75, 3.05) is 19.5 Å². The average Bonchev–Trinajstić information content (AvgIpc) is 3.42. The Balaban J connectivity index is 1.33. The van der Waals surface area contributed by atoms with Crippen LogP contribution in [-0.4, -0.2) is 33.9 Å². The number of hydrogen-bond acceptors (Lipinski definition) is 8. The van der Waals surface area contributed by atoms with Gasteiger partial charge in [-0.15, -0.1) is 0 Å². The van der Waals surface area contributed by atoms with E-state index in [2.05, 4.69) is 19.0 Å². The third-order valence-electron chi connectivity index (χ3n) is 6.07. The van der Waals surface area contributed by atoms with E-state index < -0.39 is 0 Å². The van der Waals surface area contributed by atoms with Crippen LogP contribution in [0.2, 0.25) is 0 Å². The Labute approximate surface area is 215 Å². The quantitative estimate of drug-likeness (QED) is 0.276. The highest BCUT2D eigenvalue weighted by Crippen LogP contribution is 2.37. The summed E-state index contributed by atoms with van der Waals surface area (Å²) in [4.78, 5) is 17.6. The predicted molar refractivity (Wildman–Crippen MR) is 144 cm³/mol. The number of benzene rings is 4. The first kappa shape index (κ1) is 22.7. The standard InChI is InChI=1S/C28H20N4O4S/c1-34-25-14-20-23(15-26(25)35-2)29-12-11-24(20)36-17-9-10-18-16(13-17)5-3-6-19(18)28(33)30-21-7-4-8-22-27(21)32-37-31-22/h3-15H,1-2H3,(H,30,33). The van der Waals surface area contributed by atoms with Crippen LogP contribution in [-0.2, 0) is 0 Å². The molecule has 37 heavy (non-hydrogen) atoms. The van der Waals surface area contributed by atoms with Crippen LogP contribution in [0.15, 0.2) is 79.0 Å². The fourth-order valence-electron chi connectivity index (χ4n) is 4.28. The molecule has 1 amide bonds. The van der Waals surface area contributed by atoms with Crippen LogP contribution in [0.3, 0.4) is 0 Å². The summed E-state index contributed by atoms with van der Waals surface area (Å²) < 4.78 is 25.6. The van der Waals surface area contributed by atoms with Gasteiger partial charge in [-0.05, 0) is 59.3 Å². The Bertz CT molecular complexity index is 1800. The Kier molecular flexibility index (Phi) is 5.74. The third-order valence-corrected chi connectivity index (χ3v) is 6.61. The number of aromatic nitrogens is 3. The smallest absolute Gasteiger partial charge is 0.256 e. The lowest BCUT2D eigenvalue weighted by molar-refractivity contribution is 0.102. The van der Waals surface area contributed by atoms with Crippen molar-refractivity contribution in [3.8, 4) is 23.0 Å². The second kappa shape index (κ2) is 9.36. The van der Waals surface area contributed by atoms with Gasteiger partial charge in [0.15, 0.2) is 11.5 Å². The van der Waals surface area contributed by atoms with Gasteiger partial charge in [-0.2, -0.15) is 8.75 Å². The van der Waals surface area contributed by atoms with E-state index in [1.54, 1.807) is 32.5 Å². The molecule has 0 radical (unpaired) electrons. The van der Waals surface area contributed by atoms with Crippen LogP contribution in [0, 0.1) is 0 Å². The molecule has 4 aromatic carbocycles. The first-order chi connectivity index (χ1) is 18.1. The SMILES string of the molecule is COc1cc2nccc(Oc3ccc4c(C(=O)Nc5cccc6nsnc56)cccc4c3)c2cc1OC. The number of hydrogen-bond donors (Lipinski definition) is 1. The molecule has 1 N–H and O–H groups in total. The van der Waals surface area contributed by atoms with E-state index in [1.807, 2.05) is 60.7 Å². The van der Waals surface area contributed by atoms with Crippen molar-refractivity contribution >= 4 is 56.0 Å². The van der Waals surface area contributed by atoms with Gasteiger partial charge in [0.1, 0.15) is 22.5 Å². The minimum atomic E-state index is -0.221. The minimum absolute atomic E-state index is 0.221. The van der Waals surface area contributed by atoms with Crippen LogP contribution >= 0.6 is 11.7 Å². The Morgan fingerprint density at radius 1 is 0.811 bits per heavy atom. The second-order valence-corrected chi connectivity index (χ2v) is 8.74. The first-order valence-corrected chi connectivity index (χ1v) is 12.1. The average molecular weight is 509 g/mol. The number of anilines is 1. The van der Waals surface area contributed by atoms with E-state index in [4.69, 9.17) is 14.2 Å². The van der Waals surface area contributed by atoms with Gasteiger partial charge in [0.05, 0.1) is 37.2 Å². The summed E-state index contributed by atoms with van der Waals surface area (Å²) in [7, 11) is 3.18. The van der Waals surface area contributed by atoms with Crippen LogP contribution in [0.25, 0.3) is 32.7 Å². The molecule has 6 aromatic rings. The largest absolute Gasteiger partial charge is 0.493 e. The normalized spacial score (nSPS) is 11.1. The number of methoxy groups -OCH3 is 2. The van der Waals surface area contributed by atoms with E-state index in [1.165, 1.54) is 0 Å². The number of nitrogens with zero attached hydrogens (tertiary/aromatic N) is 3. The van der Waals surface area contributed by atoms with Crippen molar-refractivity contribution in [2.45, 2.75) is 0 Å². The van der Waals surface area contributed by atoms with Gasteiger partial charge in [0, 0.05) is 23.2 Å². The third kappa shape index (κ3) is 4.15. The molecule has 2 heterocycles. The summed E-state index contributed by atoms with van der Waals surface area (Å²) in [5.41, 5.74) is 3.33. The Morgan fingerprint density at radius 3 is 2.51 bits per heavy atom. The van der Waals surface area contributed by atoms with Crippen LogP contribution < -0.4 is 19.5 Å². The zero-order valence-electron chi connectivity index (χ0n) is 19.9. The lowest BCUT2D eigenvalue weighted by Gasteiger charge is -2.13. The molecule has 6 rings (SSSR count). The van der Waals surface area contributed by atoms with Gasteiger partial charge >= 0.3 is 0 Å². The van der Waals surface area contributed by atoms with Gasteiger partial charge in [0.25, 0.3) is 5.91 Å². The molecular weight excluding hydrogens is 488 g/mol. The van der Waals surface area contributed by atoms with Gasteiger partial charge in [-0.3, -0.25) is 9.78 Å². The first-order valence-electron chi connectivity index (χ1n) is 11.4. The van der Waals surface area contributed by atoms with E-state index >= 15 is 0 Å². The maximum atomic E-state index is 13.2. The van der Waals surface area contributed by atoms with E-state index in [-0.39, 0.29) is 5.91 Å². The number of rotatable bonds is 6. The monoisotopic (exact) mass is 508 g/mol. The van der Waals surface area contributed by atoms with Crippen molar-refractivity contribution in [2.24, 2.45) is 0 Å². The second-order valence-electron chi connectivity index (χ2n) is 8.22. The molecule has 0 aliphatic carbocycles. The molecule has 0 fully saturated rings. The molecule has 0 bridgehead atoms. The van der Waals surface area contributed by atoms with Gasteiger partial charge in [-0.25, -0.2) is 0 Å². The molecule has 0 aliphatic rings. The highest BCUT2D eigenvalue weighted by molar-refractivity contribution is 7.00. The highest BCUT2D eigenvalue weighted by atomic mass is 32.1. The van der Waals surface area contributed by atoms with Gasteiger partial charge < -0.3 is 19.5 Å². The van der Waals surface area contributed by atoms with Crippen LogP contribution in [0.1, 0.15) is 10.4 Å². The van der Waals surface area contributed by atoms with E-state index in [0.29, 0.717) is 39.8 Å². The lowest BCUT2D eigenvalue weighted by Crippen LogP contribution is -2.12. The highest BCUT2D eigenvalue weighted by Gasteiger charge is 2.15. The Morgan fingerprint density at radius 2 is 1.65 bits per heavy atom. The van der Waals surface area contributed by atoms with Gasteiger partial charge in [-0.1, -0.05) is 18.2 Å². The Hall–Kier alpha value is -4.76. The molecule has 0 aliphatic heterocycles. The van der Waals surface area contributed by atoms with Gasteiger partial charge in [0.2, 0.25) is 0 Å². The predicted octanol–water partition coefficient (Wildman–Crippen LogP) is 6.45.